The third-order valence-corrected chi connectivity index (χ3v) is 5.41. The first-order valence-corrected chi connectivity index (χ1v) is 9.44. The first kappa shape index (κ1) is 17.2. The Morgan fingerprint density at radius 2 is 2.19 bits per heavy atom. The topological polar surface area (TPSA) is 59.0 Å². The second-order valence-electron chi connectivity index (χ2n) is 7.48. The number of halogens is 1. The fourth-order valence-electron chi connectivity index (χ4n) is 3.70. The van der Waals surface area contributed by atoms with Gasteiger partial charge in [-0.15, -0.1) is 0 Å². The fraction of sp³-hybridized carbons (Fsp3) is 0.500. The number of rotatable bonds is 5. The van der Waals surface area contributed by atoms with Crippen LogP contribution in [0.3, 0.4) is 0 Å². The van der Waals surface area contributed by atoms with Gasteiger partial charge < -0.3 is 10.6 Å². The molecule has 0 radical (unpaired) electrons. The van der Waals surface area contributed by atoms with E-state index < -0.39 is 0 Å². The molecule has 2 aliphatic rings. The van der Waals surface area contributed by atoms with Crippen molar-refractivity contribution in [2.45, 2.75) is 44.7 Å². The number of carbonyl (C=O) groups excluding carboxylic acids is 1. The molecule has 4 rings (SSSR count). The molecule has 1 aliphatic heterocycles. The summed E-state index contributed by atoms with van der Waals surface area (Å²) in [6.07, 6.45) is 6.27. The molecule has 0 bridgehead atoms. The molecule has 1 aliphatic carbocycles. The first-order valence-electron chi connectivity index (χ1n) is 9.44. The molecule has 2 atom stereocenters. The van der Waals surface area contributed by atoms with Gasteiger partial charge in [-0.3, -0.25) is 9.48 Å². The van der Waals surface area contributed by atoms with Gasteiger partial charge in [-0.1, -0.05) is 12.1 Å². The number of carbonyl (C=O) groups is 1. The van der Waals surface area contributed by atoms with E-state index in [1.807, 2.05) is 16.9 Å². The van der Waals surface area contributed by atoms with Crippen molar-refractivity contribution in [2.24, 2.45) is 5.92 Å². The van der Waals surface area contributed by atoms with Gasteiger partial charge in [-0.25, -0.2) is 4.39 Å². The molecule has 6 heteroatoms. The Balaban J connectivity index is 1.48. The summed E-state index contributed by atoms with van der Waals surface area (Å²) in [5.41, 5.74) is 2.02. The van der Waals surface area contributed by atoms with E-state index in [-0.39, 0.29) is 17.8 Å². The van der Waals surface area contributed by atoms with Gasteiger partial charge in [0, 0.05) is 12.7 Å². The number of amides is 1. The Hall–Kier alpha value is -2.21. The number of piperidine rings is 1. The summed E-state index contributed by atoms with van der Waals surface area (Å²) in [7, 11) is 0. The van der Waals surface area contributed by atoms with Gasteiger partial charge >= 0.3 is 0 Å². The van der Waals surface area contributed by atoms with Gasteiger partial charge in [0.1, 0.15) is 11.5 Å². The van der Waals surface area contributed by atoms with Crippen LogP contribution in [-0.4, -0.2) is 28.8 Å². The maximum absolute atomic E-state index is 13.6. The Labute approximate surface area is 153 Å². The zero-order valence-electron chi connectivity index (χ0n) is 15.0. The minimum absolute atomic E-state index is 0.0803. The molecule has 2 N–H and O–H groups in total. The second-order valence-corrected chi connectivity index (χ2v) is 7.48. The highest BCUT2D eigenvalue weighted by molar-refractivity contribution is 5.92. The van der Waals surface area contributed by atoms with E-state index in [4.69, 9.17) is 0 Å². The highest BCUT2D eigenvalue weighted by atomic mass is 19.1. The molecular weight excluding hydrogens is 331 g/mol. The molecule has 1 amide bonds. The number of hydrogen-bond donors (Lipinski definition) is 2. The number of aromatic nitrogens is 2. The highest BCUT2D eigenvalue weighted by Gasteiger charge is 2.34. The molecule has 1 saturated carbocycles. The van der Waals surface area contributed by atoms with Crippen LogP contribution in [-0.2, 0) is 0 Å². The van der Waals surface area contributed by atoms with Crippen molar-refractivity contribution in [2.75, 3.05) is 13.1 Å². The zero-order chi connectivity index (χ0) is 18.1. The van der Waals surface area contributed by atoms with Crippen LogP contribution in [0.15, 0.2) is 30.5 Å². The lowest BCUT2D eigenvalue weighted by molar-refractivity contribution is 0.0925. The molecule has 26 heavy (non-hydrogen) atoms. The van der Waals surface area contributed by atoms with Crippen LogP contribution in [0.1, 0.15) is 59.4 Å². The second kappa shape index (κ2) is 7.19. The first-order chi connectivity index (χ1) is 12.6. The van der Waals surface area contributed by atoms with Gasteiger partial charge in [-0.05, 0) is 68.3 Å². The van der Waals surface area contributed by atoms with E-state index >= 15 is 0 Å². The van der Waals surface area contributed by atoms with Crippen LogP contribution < -0.4 is 10.6 Å². The minimum atomic E-state index is -0.213. The van der Waals surface area contributed by atoms with E-state index in [9.17, 15) is 9.18 Å². The molecule has 1 aromatic carbocycles. The van der Waals surface area contributed by atoms with Crippen molar-refractivity contribution in [3.63, 3.8) is 0 Å². The molecule has 5 nitrogen and oxygen atoms in total. The number of aryl methyl sites for hydroxylation is 1. The predicted molar refractivity (Wildman–Crippen MR) is 97.4 cm³/mol. The SMILES string of the molecule is Cc1cc(C(NC(=O)c2ccn(C3CCCNC3)n2)C2CC2)ccc1F. The molecular formula is C20H25FN4O. The van der Waals surface area contributed by atoms with Crippen LogP contribution in [0.25, 0.3) is 0 Å². The zero-order valence-corrected chi connectivity index (χ0v) is 15.0. The van der Waals surface area contributed by atoms with Crippen molar-refractivity contribution < 1.29 is 9.18 Å². The summed E-state index contributed by atoms with van der Waals surface area (Å²) >= 11 is 0. The molecule has 2 unspecified atom stereocenters. The molecule has 2 aromatic rings. The van der Waals surface area contributed by atoms with Crippen molar-refractivity contribution in [1.29, 1.82) is 0 Å². The summed E-state index contributed by atoms with van der Waals surface area (Å²) in [6, 6.07) is 7.11. The quantitative estimate of drug-likeness (QED) is 0.865. The standard InChI is InChI=1S/C20H25FN4O/c1-13-11-15(6-7-17(13)21)19(14-4-5-14)23-20(26)18-8-10-25(24-18)16-3-2-9-22-12-16/h6-8,10-11,14,16,19,22H,2-5,9,12H2,1H3,(H,23,26). The van der Waals surface area contributed by atoms with Gasteiger partial charge in [-0.2, -0.15) is 5.10 Å². The van der Waals surface area contributed by atoms with Crippen LogP contribution in [0.5, 0.6) is 0 Å². The predicted octanol–water partition coefficient (Wildman–Crippen LogP) is 3.14. The fourth-order valence-corrected chi connectivity index (χ4v) is 3.70. The lowest BCUT2D eigenvalue weighted by Gasteiger charge is -2.23. The Morgan fingerprint density at radius 3 is 2.88 bits per heavy atom. The van der Waals surface area contributed by atoms with Crippen molar-refractivity contribution in [3.8, 4) is 0 Å². The monoisotopic (exact) mass is 356 g/mol. The van der Waals surface area contributed by atoms with Crippen LogP contribution in [0, 0.1) is 18.7 Å². The van der Waals surface area contributed by atoms with E-state index in [2.05, 4.69) is 15.7 Å². The van der Waals surface area contributed by atoms with E-state index in [1.54, 1.807) is 19.1 Å². The van der Waals surface area contributed by atoms with Gasteiger partial charge in [0.15, 0.2) is 0 Å². The molecule has 1 saturated heterocycles. The van der Waals surface area contributed by atoms with Crippen LogP contribution >= 0.6 is 0 Å². The largest absolute Gasteiger partial charge is 0.344 e. The molecule has 138 valence electrons. The van der Waals surface area contributed by atoms with Gasteiger partial charge in [0.2, 0.25) is 0 Å². The normalized spacial score (nSPS) is 21.4. The molecule has 2 fully saturated rings. The molecule has 0 spiro atoms. The van der Waals surface area contributed by atoms with Gasteiger partial charge in [0.25, 0.3) is 5.91 Å². The van der Waals surface area contributed by atoms with Crippen molar-refractivity contribution in [3.05, 3.63) is 53.1 Å². The Kier molecular flexibility index (Phi) is 4.76. The summed E-state index contributed by atoms with van der Waals surface area (Å²) in [5, 5.41) is 11.0. The number of nitrogens with one attached hydrogen (secondary N) is 2. The van der Waals surface area contributed by atoms with Crippen LogP contribution in [0.4, 0.5) is 4.39 Å². The third-order valence-electron chi connectivity index (χ3n) is 5.41. The minimum Gasteiger partial charge on any atom is -0.344 e. The van der Waals surface area contributed by atoms with E-state index in [0.717, 1.165) is 44.3 Å². The molecule has 2 heterocycles. The highest BCUT2D eigenvalue weighted by Crippen LogP contribution is 2.41. The lowest BCUT2D eigenvalue weighted by atomic mass is 10.00. The number of nitrogens with zero attached hydrogens (tertiary/aromatic N) is 2. The summed E-state index contributed by atoms with van der Waals surface area (Å²) in [6.45, 7) is 3.69. The average molecular weight is 356 g/mol. The smallest absolute Gasteiger partial charge is 0.272 e. The summed E-state index contributed by atoms with van der Waals surface area (Å²) < 4.78 is 15.5. The molecule has 1 aromatic heterocycles. The average Bonchev–Trinajstić information content (AvgIpc) is 3.38. The number of hydrogen-bond acceptors (Lipinski definition) is 3. The van der Waals surface area contributed by atoms with Crippen LogP contribution in [0.2, 0.25) is 0 Å². The number of benzene rings is 1. The summed E-state index contributed by atoms with van der Waals surface area (Å²) in [5.74, 6) is 0.0503. The van der Waals surface area contributed by atoms with Crippen molar-refractivity contribution >= 4 is 5.91 Å². The summed E-state index contributed by atoms with van der Waals surface area (Å²) in [4.78, 5) is 12.7. The maximum Gasteiger partial charge on any atom is 0.272 e. The third kappa shape index (κ3) is 3.65. The van der Waals surface area contributed by atoms with E-state index in [0.29, 0.717) is 23.2 Å². The lowest BCUT2D eigenvalue weighted by Crippen LogP contribution is -2.33. The van der Waals surface area contributed by atoms with E-state index in [1.165, 1.54) is 6.07 Å². The van der Waals surface area contributed by atoms with Crippen molar-refractivity contribution in [1.82, 2.24) is 20.4 Å². The Morgan fingerprint density at radius 1 is 1.35 bits per heavy atom. The maximum atomic E-state index is 13.6. The van der Waals surface area contributed by atoms with Gasteiger partial charge in [0.05, 0.1) is 12.1 Å². The Bertz CT molecular complexity index is 793.